The van der Waals surface area contributed by atoms with Crippen LogP contribution in [0.1, 0.15) is 54.6 Å². The Morgan fingerprint density at radius 2 is 1.80 bits per heavy atom. The van der Waals surface area contributed by atoms with E-state index in [2.05, 4.69) is 19.9 Å². The maximum atomic E-state index is 12.7. The highest BCUT2D eigenvalue weighted by molar-refractivity contribution is 6.17. The quantitative estimate of drug-likeness (QED) is 0.629. The van der Waals surface area contributed by atoms with Crippen LogP contribution in [-0.4, -0.2) is 18.6 Å². The van der Waals surface area contributed by atoms with Crippen molar-refractivity contribution in [2.24, 2.45) is 4.99 Å². The molecule has 0 bridgehead atoms. The molecule has 0 unspecified atom stereocenters. The number of nitrogens with zero attached hydrogens (tertiary/aromatic N) is 1. The Hall–Kier alpha value is -2.62. The van der Waals surface area contributed by atoms with Crippen molar-refractivity contribution in [1.29, 1.82) is 0 Å². The van der Waals surface area contributed by atoms with E-state index in [4.69, 9.17) is 15.5 Å². The van der Waals surface area contributed by atoms with E-state index < -0.39 is 0 Å². The predicted octanol–water partition coefficient (Wildman–Crippen LogP) is 4.37. The molecule has 0 saturated carbocycles. The zero-order valence-corrected chi connectivity index (χ0v) is 15.0. The molecule has 0 saturated heterocycles. The number of nitrogens with two attached hydrogens (primary N) is 1. The lowest BCUT2D eigenvalue weighted by Crippen LogP contribution is -2.19. The summed E-state index contributed by atoms with van der Waals surface area (Å²) in [6.45, 7) is 4.29. The summed E-state index contributed by atoms with van der Waals surface area (Å²) in [4.78, 5) is 17.7. The van der Waals surface area contributed by atoms with E-state index >= 15 is 0 Å². The van der Waals surface area contributed by atoms with Crippen LogP contribution in [0.15, 0.2) is 47.5 Å². The smallest absolute Gasteiger partial charge is 0.168 e. The number of hydrogen-bond acceptors (Lipinski definition) is 4. The van der Waals surface area contributed by atoms with Gasteiger partial charge in [-0.05, 0) is 54.8 Å². The van der Waals surface area contributed by atoms with Gasteiger partial charge in [0.15, 0.2) is 5.78 Å². The summed E-state index contributed by atoms with van der Waals surface area (Å²) < 4.78 is 5.37. The highest BCUT2D eigenvalue weighted by atomic mass is 16.5. The Morgan fingerprint density at radius 1 is 1.12 bits per heavy atom. The first-order valence-corrected chi connectivity index (χ1v) is 8.69. The highest BCUT2D eigenvalue weighted by Crippen LogP contribution is 2.42. The van der Waals surface area contributed by atoms with Gasteiger partial charge < -0.3 is 10.5 Å². The molecule has 4 nitrogen and oxygen atoms in total. The molecule has 4 heteroatoms. The molecule has 1 aliphatic rings. The summed E-state index contributed by atoms with van der Waals surface area (Å²) >= 11 is 0. The zero-order chi connectivity index (χ0) is 18.0. The number of anilines is 1. The number of fused-ring (bicyclic) bond motifs is 1. The third-order valence-corrected chi connectivity index (χ3v) is 5.12. The van der Waals surface area contributed by atoms with Crippen LogP contribution in [0.5, 0.6) is 5.75 Å². The van der Waals surface area contributed by atoms with Gasteiger partial charge in [0.05, 0.1) is 24.8 Å². The summed E-state index contributed by atoms with van der Waals surface area (Å²) in [5.41, 5.74) is 9.86. The molecule has 130 valence electrons. The van der Waals surface area contributed by atoms with E-state index in [0.29, 0.717) is 11.3 Å². The number of carbonyl (C=O) groups excluding carboxylic acids is 1. The van der Waals surface area contributed by atoms with Crippen LogP contribution in [0.25, 0.3) is 0 Å². The van der Waals surface area contributed by atoms with Crippen molar-refractivity contribution in [3.63, 3.8) is 0 Å². The van der Waals surface area contributed by atoms with Gasteiger partial charge in [0, 0.05) is 16.8 Å². The summed E-state index contributed by atoms with van der Waals surface area (Å²) in [5.74, 6) is 0.838. The lowest BCUT2D eigenvalue weighted by Gasteiger charge is -2.24. The number of benzene rings is 2. The lowest BCUT2D eigenvalue weighted by molar-refractivity contribution is 0.100. The minimum Gasteiger partial charge on any atom is -0.497 e. The van der Waals surface area contributed by atoms with Gasteiger partial charge in [-0.1, -0.05) is 19.9 Å². The Bertz CT molecular complexity index is 818. The van der Waals surface area contributed by atoms with Crippen LogP contribution in [0.2, 0.25) is 0 Å². The van der Waals surface area contributed by atoms with E-state index in [1.165, 1.54) is 5.56 Å². The monoisotopic (exact) mass is 336 g/mol. The molecule has 0 spiro atoms. The van der Waals surface area contributed by atoms with Crippen LogP contribution >= 0.6 is 0 Å². The van der Waals surface area contributed by atoms with Crippen LogP contribution < -0.4 is 10.5 Å². The van der Waals surface area contributed by atoms with Crippen molar-refractivity contribution in [3.05, 3.63) is 59.2 Å². The van der Waals surface area contributed by atoms with Gasteiger partial charge in [0.1, 0.15) is 5.75 Å². The molecule has 0 aliphatic carbocycles. The number of carbonyl (C=O) groups is 1. The van der Waals surface area contributed by atoms with E-state index in [1.54, 1.807) is 31.4 Å². The normalized spacial score (nSPS) is 14.8. The highest BCUT2D eigenvalue weighted by Gasteiger charge is 2.37. The fourth-order valence-electron chi connectivity index (χ4n) is 3.52. The lowest BCUT2D eigenvalue weighted by atomic mass is 9.84. The maximum Gasteiger partial charge on any atom is 0.168 e. The van der Waals surface area contributed by atoms with Crippen molar-refractivity contribution >= 4 is 17.2 Å². The molecule has 0 fully saturated rings. The number of methoxy groups -OCH3 is 1. The number of ether oxygens (including phenoxy) is 1. The minimum atomic E-state index is -0.238. The molecule has 0 amide bonds. The molecule has 2 aromatic carbocycles. The average Bonchev–Trinajstić information content (AvgIpc) is 2.95. The van der Waals surface area contributed by atoms with E-state index in [9.17, 15) is 4.79 Å². The van der Waals surface area contributed by atoms with Crippen LogP contribution in [0.4, 0.5) is 5.69 Å². The Morgan fingerprint density at radius 3 is 2.40 bits per heavy atom. The second-order valence-corrected chi connectivity index (χ2v) is 6.43. The molecule has 0 atom stereocenters. The van der Waals surface area contributed by atoms with Gasteiger partial charge in [-0.25, -0.2) is 0 Å². The summed E-state index contributed by atoms with van der Waals surface area (Å²) in [6.07, 6.45) is 2.09. The number of ketones is 1. The van der Waals surface area contributed by atoms with Crippen molar-refractivity contribution < 1.29 is 9.53 Å². The fraction of sp³-hybridized carbons (Fsp3) is 0.333. The number of rotatable bonds is 6. The number of nitrogen functional groups attached to an aromatic ring is 1. The van der Waals surface area contributed by atoms with Gasteiger partial charge in [0.2, 0.25) is 0 Å². The zero-order valence-electron chi connectivity index (χ0n) is 15.0. The second kappa shape index (κ2) is 6.71. The van der Waals surface area contributed by atoms with Crippen molar-refractivity contribution in [2.45, 2.75) is 38.6 Å². The molecule has 3 rings (SSSR count). The topological polar surface area (TPSA) is 64.7 Å². The molecule has 25 heavy (non-hydrogen) atoms. The van der Waals surface area contributed by atoms with E-state index in [0.717, 1.165) is 29.9 Å². The molecule has 1 heterocycles. The molecule has 1 aliphatic heterocycles. The van der Waals surface area contributed by atoms with Crippen LogP contribution in [0, 0.1) is 0 Å². The summed E-state index contributed by atoms with van der Waals surface area (Å²) in [5, 5.41) is 0. The van der Waals surface area contributed by atoms with Gasteiger partial charge in [-0.3, -0.25) is 9.79 Å². The molecular weight excluding hydrogens is 312 g/mol. The van der Waals surface area contributed by atoms with E-state index in [1.807, 2.05) is 12.1 Å². The predicted molar refractivity (Wildman–Crippen MR) is 102 cm³/mol. The SMILES string of the molecule is CCC1(CC)N=C(CC(=O)c2ccc(N)cc2)c2cc(OC)ccc21. The average molecular weight is 336 g/mol. The third-order valence-electron chi connectivity index (χ3n) is 5.12. The van der Waals surface area contributed by atoms with Crippen LogP contribution in [-0.2, 0) is 5.54 Å². The first kappa shape index (κ1) is 17.2. The maximum absolute atomic E-state index is 12.7. The molecule has 2 aromatic rings. The molecular formula is C21H24N2O2. The summed E-state index contributed by atoms with van der Waals surface area (Å²) in [6, 6.07) is 13.1. The summed E-state index contributed by atoms with van der Waals surface area (Å²) in [7, 11) is 1.65. The minimum absolute atomic E-state index is 0.0514. The first-order chi connectivity index (χ1) is 12.0. The first-order valence-electron chi connectivity index (χ1n) is 8.69. The largest absolute Gasteiger partial charge is 0.497 e. The van der Waals surface area contributed by atoms with Gasteiger partial charge >= 0.3 is 0 Å². The Kier molecular flexibility index (Phi) is 4.62. The second-order valence-electron chi connectivity index (χ2n) is 6.43. The number of Topliss-reactive ketones (excluding diaryl/α,β-unsaturated/α-hetero) is 1. The number of aliphatic imine (C=N–C) groups is 1. The fourth-order valence-corrected chi connectivity index (χ4v) is 3.52. The van der Waals surface area contributed by atoms with Gasteiger partial charge in [-0.15, -0.1) is 0 Å². The number of hydrogen-bond donors (Lipinski definition) is 1. The van der Waals surface area contributed by atoms with E-state index in [-0.39, 0.29) is 17.7 Å². The van der Waals surface area contributed by atoms with Crippen molar-refractivity contribution in [3.8, 4) is 5.75 Å². The van der Waals surface area contributed by atoms with Crippen molar-refractivity contribution in [2.75, 3.05) is 12.8 Å². The third kappa shape index (κ3) is 3.04. The molecule has 2 N–H and O–H groups in total. The molecule has 0 radical (unpaired) electrons. The van der Waals surface area contributed by atoms with Crippen molar-refractivity contribution in [1.82, 2.24) is 0 Å². The Balaban J connectivity index is 1.98. The standard InChI is InChI=1S/C21H24N2O2/c1-4-21(5-2)18-11-10-16(25-3)12-17(18)19(23-21)13-20(24)14-6-8-15(22)9-7-14/h6-12H,4-5,13,22H2,1-3H3. The van der Waals surface area contributed by atoms with Gasteiger partial charge in [-0.2, -0.15) is 0 Å². The van der Waals surface area contributed by atoms with Crippen LogP contribution in [0.3, 0.4) is 0 Å². The molecule has 0 aromatic heterocycles. The van der Waals surface area contributed by atoms with Gasteiger partial charge in [0.25, 0.3) is 0 Å². The Labute approximate surface area is 148 Å².